The van der Waals surface area contributed by atoms with Gasteiger partial charge in [0.1, 0.15) is 18.3 Å². The molecule has 0 spiro atoms. The van der Waals surface area contributed by atoms with Crippen molar-refractivity contribution in [3.63, 3.8) is 0 Å². The van der Waals surface area contributed by atoms with E-state index >= 15 is 4.39 Å². The summed E-state index contributed by atoms with van der Waals surface area (Å²) in [6.07, 6.45) is 3.71. The molecule has 4 N–H and O–H groups in total. The average molecular weight is 691 g/mol. The number of aryl methyl sites for hydroxylation is 1. The van der Waals surface area contributed by atoms with Crippen LogP contribution in [0.3, 0.4) is 0 Å². The molecule has 1 saturated carbocycles. The summed E-state index contributed by atoms with van der Waals surface area (Å²) in [5.74, 6) is -2.37. The average Bonchev–Trinajstić information content (AvgIpc) is 3.40. The number of benzene rings is 1. The Morgan fingerprint density at radius 1 is 1.11 bits per heavy atom. The fraction of sp³-hybridized carbons (Fsp3) is 0.548. The molecule has 3 saturated heterocycles. The largest absolute Gasteiger partial charge is 0.363 e. The maximum Gasteiger partial charge on any atom is 0.363 e. The van der Waals surface area contributed by atoms with Gasteiger partial charge in [0.2, 0.25) is 23.7 Å². The number of aromatic nitrogens is 2. The van der Waals surface area contributed by atoms with Crippen LogP contribution in [0.1, 0.15) is 58.9 Å². The van der Waals surface area contributed by atoms with E-state index in [1.807, 2.05) is 23.4 Å². The Bertz CT molecular complexity index is 1800. The van der Waals surface area contributed by atoms with Crippen molar-refractivity contribution in [1.29, 1.82) is 0 Å². The second kappa shape index (κ2) is 11.9. The number of fused-ring (bicyclic) bond motifs is 3. The summed E-state index contributed by atoms with van der Waals surface area (Å²) < 4.78 is 43.4. The van der Waals surface area contributed by atoms with Gasteiger partial charge in [-0.05, 0) is 80.0 Å². The molecular weight excluding hydrogens is 653 g/mol. The number of carbonyl (C=O) groups is 3. The van der Waals surface area contributed by atoms with Crippen LogP contribution in [0.25, 0.3) is 10.1 Å². The van der Waals surface area contributed by atoms with E-state index in [4.69, 9.17) is 0 Å². The Morgan fingerprint density at radius 3 is 2.60 bits per heavy atom. The molecule has 8 atom stereocenters. The van der Waals surface area contributed by atoms with E-state index in [0.717, 1.165) is 29.9 Å². The van der Waals surface area contributed by atoms with E-state index in [9.17, 15) is 33.1 Å². The normalized spacial score (nSPS) is 29.7. The first-order valence-electron chi connectivity index (χ1n) is 15.8. The van der Waals surface area contributed by atoms with Crippen molar-refractivity contribution in [2.75, 3.05) is 18.0 Å². The van der Waals surface area contributed by atoms with Crippen LogP contribution in [-0.2, 0) is 21.2 Å². The molecule has 0 radical (unpaired) electrons. The number of rotatable bonds is 7. The van der Waals surface area contributed by atoms with Gasteiger partial charge in [0, 0.05) is 30.0 Å². The number of anilines is 1. The first-order chi connectivity index (χ1) is 22.3. The maximum atomic E-state index is 15.2. The quantitative estimate of drug-likeness (QED) is 0.275. The summed E-state index contributed by atoms with van der Waals surface area (Å²) >= 11 is 1.12. The first kappa shape index (κ1) is 32.2. The molecule has 252 valence electrons. The third-order valence-corrected chi connectivity index (χ3v) is 12.2. The molecule has 3 aromatic rings. The molecule has 12 nitrogen and oxygen atoms in total. The molecule has 1 aliphatic carbocycles. The zero-order chi connectivity index (χ0) is 33.4. The van der Waals surface area contributed by atoms with Crippen LogP contribution in [-0.4, -0.2) is 85.4 Å². The zero-order valence-electron chi connectivity index (χ0n) is 25.9. The Kier molecular flexibility index (Phi) is 8.17. The van der Waals surface area contributed by atoms with E-state index in [1.165, 1.54) is 24.3 Å². The van der Waals surface area contributed by atoms with Crippen LogP contribution in [0.5, 0.6) is 0 Å². The van der Waals surface area contributed by atoms with Crippen LogP contribution in [0.2, 0.25) is 0 Å². The predicted molar refractivity (Wildman–Crippen MR) is 170 cm³/mol. The van der Waals surface area contributed by atoms with Gasteiger partial charge in [0.05, 0.1) is 23.7 Å². The summed E-state index contributed by atoms with van der Waals surface area (Å²) in [4.78, 5) is 67.8. The van der Waals surface area contributed by atoms with E-state index in [0.29, 0.717) is 47.1 Å². The van der Waals surface area contributed by atoms with Crippen LogP contribution in [0, 0.1) is 18.8 Å². The highest BCUT2D eigenvalue weighted by atomic mass is 32.1. The molecule has 0 bridgehead atoms. The lowest BCUT2D eigenvalue weighted by Crippen LogP contribution is -2.58. The highest BCUT2D eigenvalue weighted by Gasteiger charge is 2.52. The van der Waals surface area contributed by atoms with Crippen LogP contribution >= 0.6 is 18.9 Å². The van der Waals surface area contributed by atoms with Crippen molar-refractivity contribution in [2.24, 2.45) is 18.9 Å². The molecular formula is C31H37F2N6O6PS. The zero-order valence-corrected chi connectivity index (χ0v) is 27.6. The smallest absolute Gasteiger partial charge is 0.347 e. The van der Waals surface area contributed by atoms with Crippen molar-refractivity contribution >= 4 is 52.7 Å². The lowest BCUT2D eigenvalue weighted by atomic mass is 9.99. The minimum Gasteiger partial charge on any atom is -0.347 e. The number of nitrogens with one attached hydrogen (secondary N) is 2. The summed E-state index contributed by atoms with van der Waals surface area (Å²) in [7, 11) is -3.14. The van der Waals surface area contributed by atoms with Gasteiger partial charge >= 0.3 is 7.60 Å². The van der Waals surface area contributed by atoms with E-state index in [-0.39, 0.29) is 35.5 Å². The lowest BCUT2D eigenvalue weighted by Gasteiger charge is -2.35. The standard InChI is InChI=1S/C31H37F2N6O6PS/c1-15-12-34-31(37(15)2)38-13-21(32)23(14-38)36-28(40)24-5-4-20-9-17-8-18(17)10-22(30(42)39(20)24)35-29(41)26-11-19-7-16(3-6-25(19)47-26)27(33)46(43,44)45/h3,6-7,11-12,17-18,20-24,27H,4-5,8-10,13-14H2,1-2H3,(H,35,41)(H,36,40)(H2,43,44,45)/t17-,18+,20-,21+,22+,23+,24+,27?/m1/s1. The first-order valence-corrected chi connectivity index (χ1v) is 18.3. The van der Waals surface area contributed by atoms with Crippen molar-refractivity contribution in [1.82, 2.24) is 25.1 Å². The van der Waals surface area contributed by atoms with Gasteiger partial charge in [-0.3, -0.25) is 18.9 Å². The fourth-order valence-corrected chi connectivity index (χ4v) is 9.01. The molecule has 1 unspecified atom stereocenters. The van der Waals surface area contributed by atoms with Crippen molar-refractivity contribution in [3.05, 3.63) is 46.6 Å². The third kappa shape index (κ3) is 6.07. The minimum atomic E-state index is -5.00. The topological polar surface area (TPSA) is 157 Å². The molecule has 7 rings (SSSR count). The highest BCUT2D eigenvalue weighted by Crippen LogP contribution is 2.53. The summed E-state index contributed by atoms with van der Waals surface area (Å²) in [5.41, 5.74) is 0.746. The SMILES string of the molecule is Cc1cnc(N2C[C@H](NC(=O)[C@@H]3CC[C@@H]4C[C@H]5C[C@H]5C[C@H](NC(=O)c5cc6cc(C(F)P(=O)(O)O)ccc6s5)C(=O)N43)[C@@H](F)C2)n1C. The van der Waals surface area contributed by atoms with Crippen LogP contribution < -0.4 is 15.5 Å². The van der Waals surface area contributed by atoms with Gasteiger partial charge in [-0.1, -0.05) is 6.07 Å². The van der Waals surface area contributed by atoms with E-state index in [2.05, 4.69) is 15.6 Å². The highest BCUT2D eigenvalue weighted by molar-refractivity contribution is 7.51. The Morgan fingerprint density at radius 2 is 1.87 bits per heavy atom. The molecule has 3 amide bonds. The third-order valence-electron chi connectivity index (χ3n) is 10.2. The van der Waals surface area contributed by atoms with Crippen molar-refractivity contribution in [3.8, 4) is 0 Å². The van der Waals surface area contributed by atoms with Gasteiger partial charge < -0.3 is 34.8 Å². The van der Waals surface area contributed by atoms with Gasteiger partial charge in [-0.2, -0.15) is 0 Å². The van der Waals surface area contributed by atoms with Gasteiger partial charge in [-0.15, -0.1) is 11.3 Å². The summed E-state index contributed by atoms with van der Waals surface area (Å²) in [6, 6.07) is 3.07. The predicted octanol–water partition coefficient (Wildman–Crippen LogP) is 3.32. The van der Waals surface area contributed by atoms with Gasteiger partial charge in [-0.25, -0.2) is 13.8 Å². The molecule has 3 aliphatic heterocycles. The molecule has 4 fully saturated rings. The van der Waals surface area contributed by atoms with E-state index in [1.54, 1.807) is 11.1 Å². The maximum absolute atomic E-state index is 15.2. The Balaban J connectivity index is 1.06. The number of carbonyl (C=O) groups excluding carboxylic acids is 3. The number of hydrogen-bond donors (Lipinski definition) is 4. The summed E-state index contributed by atoms with van der Waals surface area (Å²) in [5, 5.41) is 6.22. The fourth-order valence-electron chi connectivity index (χ4n) is 7.51. The lowest BCUT2D eigenvalue weighted by molar-refractivity contribution is -0.143. The number of hydrogen-bond acceptors (Lipinski definition) is 7. The van der Waals surface area contributed by atoms with Gasteiger partial charge in [0.25, 0.3) is 5.91 Å². The molecule has 4 aliphatic rings. The number of imidazole rings is 1. The Hall–Kier alpha value is -3.39. The molecule has 2 aromatic heterocycles. The summed E-state index contributed by atoms with van der Waals surface area (Å²) in [6.45, 7) is 2.26. The molecule has 47 heavy (non-hydrogen) atoms. The van der Waals surface area contributed by atoms with Crippen molar-refractivity contribution in [2.45, 2.75) is 75.3 Å². The van der Waals surface area contributed by atoms with Crippen LogP contribution in [0.15, 0.2) is 30.5 Å². The number of thiophene rings is 1. The molecule has 5 heterocycles. The van der Waals surface area contributed by atoms with Gasteiger partial charge in [0.15, 0.2) is 0 Å². The number of halogens is 2. The second-order valence-electron chi connectivity index (χ2n) is 13.4. The monoisotopic (exact) mass is 690 g/mol. The number of alkyl halides is 2. The molecule has 1 aromatic carbocycles. The number of amides is 3. The minimum absolute atomic E-state index is 0.0967. The second-order valence-corrected chi connectivity index (χ2v) is 16.1. The van der Waals surface area contributed by atoms with E-state index < -0.39 is 49.6 Å². The van der Waals surface area contributed by atoms with Crippen molar-refractivity contribution < 1.29 is 37.5 Å². The Labute approximate surface area is 273 Å². The number of nitrogens with zero attached hydrogens (tertiary/aromatic N) is 4. The van der Waals surface area contributed by atoms with Crippen LogP contribution in [0.4, 0.5) is 14.7 Å². The molecule has 16 heteroatoms.